The molecule has 0 aromatic rings. The first kappa shape index (κ1) is 10.8. The highest BCUT2D eigenvalue weighted by atomic mass is 16.5. The Labute approximate surface area is 98.2 Å². The lowest BCUT2D eigenvalue weighted by atomic mass is 9.69. The van der Waals surface area contributed by atoms with E-state index in [1.54, 1.807) is 5.57 Å². The minimum Gasteiger partial charge on any atom is -0.375 e. The molecule has 90 valence electrons. The fourth-order valence-electron chi connectivity index (χ4n) is 3.51. The molecule has 3 aliphatic rings. The molecular weight excluding hydrogens is 198 g/mol. The van der Waals surface area contributed by atoms with Crippen LogP contribution < -0.4 is 5.73 Å². The number of hydrogen-bond donors (Lipinski definition) is 1. The van der Waals surface area contributed by atoms with Crippen LogP contribution in [0.2, 0.25) is 0 Å². The lowest BCUT2D eigenvalue weighted by Crippen LogP contribution is -2.46. The van der Waals surface area contributed by atoms with Crippen LogP contribution >= 0.6 is 0 Å². The summed E-state index contributed by atoms with van der Waals surface area (Å²) in [5.74, 6) is 0.807. The van der Waals surface area contributed by atoms with Crippen molar-refractivity contribution in [3.63, 3.8) is 0 Å². The van der Waals surface area contributed by atoms with Crippen molar-refractivity contribution in [2.24, 2.45) is 11.7 Å². The van der Waals surface area contributed by atoms with Gasteiger partial charge in [-0.25, -0.2) is 0 Å². The van der Waals surface area contributed by atoms with Crippen molar-refractivity contribution in [1.82, 2.24) is 0 Å². The summed E-state index contributed by atoms with van der Waals surface area (Å²) in [7, 11) is 0. The number of nitrogens with two attached hydrogens (primary N) is 1. The summed E-state index contributed by atoms with van der Waals surface area (Å²) in [4.78, 5) is 0. The molecule has 2 atom stereocenters. The second kappa shape index (κ2) is 4.15. The zero-order valence-corrected chi connectivity index (χ0v) is 10.1. The van der Waals surface area contributed by atoms with Gasteiger partial charge in [-0.15, -0.1) is 0 Å². The van der Waals surface area contributed by atoms with Crippen LogP contribution in [0.3, 0.4) is 0 Å². The zero-order valence-electron chi connectivity index (χ0n) is 10.1. The summed E-state index contributed by atoms with van der Waals surface area (Å²) in [5, 5.41) is 0. The van der Waals surface area contributed by atoms with Crippen LogP contribution in [0.4, 0.5) is 0 Å². The number of allylic oxidation sites excluding steroid dienone is 1. The average Bonchev–Trinajstić information content (AvgIpc) is 2.28. The molecule has 2 nitrogen and oxygen atoms in total. The molecule has 2 N–H and O–H groups in total. The van der Waals surface area contributed by atoms with Crippen molar-refractivity contribution >= 4 is 0 Å². The quantitative estimate of drug-likeness (QED) is 0.691. The number of hydrogen-bond acceptors (Lipinski definition) is 2. The molecule has 1 saturated heterocycles. The van der Waals surface area contributed by atoms with Gasteiger partial charge in [0.05, 0.1) is 5.60 Å². The van der Waals surface area contributed by atoms with Crippen LogP contribution in [0.1, 0.15) is 51.4 Å². The van der Waals surface area contributed by atoms with E-state index in [1.807, 2.05) is 0 Å². The molecule has 16 heavy (non-hydrogen) atoms. The monoisotopic (exact) mass is 221 g/mol. The molecule has 0 bridgehead atoms. The Morgan fingerprint density at radius 3 is 2.81 bits per heavy atom. The van der Waals surface area contributed by atoms with Crippen molar-refractivity contribution in [3.05, 3.63) is 11.6 Å². The second-order valence-corrected chi connectivity index (χ2v) is 5.89. The molecule has 2 heteroatoms. The second-order valence-electron chi connectivity index (χ2n) is 5.89. The Bertz CT molecular complexity index is 293. The Morgan fingerprint density at radius 1 is 1.31 bits per heavy atom. The average molecular weight is 221 g/mol. The summed E-state index contributed by atoms with van der Waals surface area (Å²) >= 11 is 0. The van der Waals surface area contributed by atoms with Crippen LogP contribution in [-0.2, 0) is 4.74 Å². The zero-order chi connectivity index (χ0) is 11.0. The van der Waals surface area contributed by atoms with Gasteiger partial charge < -0.3 is 10.5 Å². The summed E-state index contributed by atoms with van der Waals surface area (Å²) in [6.07, 6.45) is 12.5. The van der Waals surface area contributed by atoms with Gasteiger partial charge in [0, 0.05) is 12.6 Å². The molecule has 1 spiro atoms. The van der Waals surface area contributed by atoms with Gasteiger partial charge >= 0.3 is 0 Å². The van der Waals surface area contributed by atoms with Crippen molar-refractivity contribution in [1.29, 1.82) is 0 Å². The van der Waals surface area contributed by atoms with E-state index in [-0.39, 0.29) is 0 Å². The molecular formula is C14H23NO. The van der Waals surface area contributed by atoms with E-state index < -0.39 is 0 Å². The normalized spacial score (nSPS) is 37.9. The van der Waals surface area contributed by atoms with Crippen LogP contribution in [0.15, 0.2) is 11.6 Å². The van der Waals surface area contributed by atoms with Gasteiger partial charge in [0.1, 0.15) is 0 Å². The molecule has 1 heterocycles. The molecule has 1 aliphatic heterocycles. The standard InChI is InChI=1S/C14H23NO/c15-13-4-2-11(3-5-13)12-6-9-16-14(10-12)7-1-8-14/h2,12-13H,1,3-10,15H2. The van der Waals surface area contributed by atoms with Gasteiger partial charge in [0.2, 0.25) is 0 Å². The van der Waals surface area contributed by atoms with Crippen LogP contribution in [0.25, 0.3) is 0 Å². The Hall–Kier alpha value is -0.340. The summed E-state index contributed by atoms with van der Waals surface area (Å²) < 4.78 is 5.99. The Kier molecular flexibility index (Phi) is 2.80. The van der Waals surface area contributed by atoms with Crippen molar-refractivity contribution < 1.29 is 4.74 Å². The third-order valence-corrected chi connectivity index (χ3v) is 4.77. The maximum atomic E-state index is 5.99. The summed E-state index contributed by atoms with van der Waals surface area (Å²) in [6.45, 7) is 0.980. The van der Waals surface area contributed by atoms with Crippen LogP contribution in [0.5, 0.6) is 0 Å². The van der Waals surface area contributed by atoms with E-state index in [2.05, 4.69) is 6.08 Å². The number of rotatable bonds is 1. The fraction of sp³-hybridized carbons (Fsp3) is 0.857. The molecule has 2 unspecified atom stereocenters. The molecule has 2 fully saturated rings. The van der Waals surface area contributed by atoms with Crippen molar-refractivity contribution in [2.45, 2.75) is 63.0 Å². The third-order valence-electron chi connectivity index (χ3n) is 4.77. The van der Waals surface area contributed by atoms with E-state index in [0.717, 1.165) is 18.9 Å². The predicted molar refractivity (Wildman–Crippen MR) is 65.2 cm³/mol. The van der Waals surface area contributed by atoms with Crippen LogP contribution in [-0.4, -0.2) is 18.2 Å². The van der Waals surface area contributed by atoms with Crippen molar-refractivity contribution in [3.8, 4) is 0 Å². The summed E-state index contributed by atoms with van der Waals surface area (Å²) in [6, 6.07) is 0.418. The lowest BCUT2D eigenvalue weighted by molar-refractivity contribution is -0.139. The van der Waals surface area contributed by atoms with E-state index >= 15 is 0 Å². The largest absolute Gasteiger partial charge is 0.375 e. The van der Waals surface area contributed by atoms with E-state index in [9.17, 15) is 0 Å². The van der Waals surface area contributed by atoms with Gasteiger partial charge in [-0.3, -0.25) is 0 Å². The molecule has 0 aromatic heterocycles. The molecule has 2 aliphatic carbocycles. The minimum absolute atomic E-state index is 0.295. The fourth-order valence-corrected chi connectivity index (χ4v) is 3.51. The van der Waals surface area contributed by atoms with Gasteiger partial charge in [-0.1, -0.05) is 11.6 Å². The highest BCUT2D eigenvalue weighted by Gasteiger charge is 2.43. The van der Waals surface area contributed by atoms with Gasteiger partial charge in [0.25, 0.3) is 0 Å². The van der Waals surface area contributed by atoms with Crippen LogP contribution in [0, 0.1) is 5.92 Å². The smallest absolute Gasteiger partial charge is 0.0688 e. The van der Waals surface area contributed by atoms with Gasteiger partial charge in [-0.05, 0) is 57.3 Å². The summed E-state index contributed by atoms with van der Waals surface area (Å²) in [5.41, 5.74) is 7.93. The Morgan fingerprint density at radius 2 is 2.19 bits per heavy atom. The molecule has 3 rings (SSSR count). The van der Waals surface area contributed by atoms with Gasteiger partial charge in [-0.2, -0.15) is 0 Å². The maximum absolute atomic E-state index is 5.99. The number of ether oxygens (including phenoxy) is 1. The highest BCUT2D eigenvalue weighted by Crippen LogP contribution is 2.46. The maximum Gasteiger partial charge on any atom is 0.0688 e. The van der Waals surface area contributed by atoms with Gasteiger partial charge in [0.15, 0.2) is 0 Å². The van der Waals surface area contributed by atoms with Crippen molar-refractivity contribution in [2.75, 3.05) is 6.61 Å². The van der Waals surface area contributed by atoms with E-state index in [1.165, 1.54) is 44.9 Å². The third kappa shape index (κ3) is 1.93. The first-order valence-corrected chi connectivity index (χ1v) is 6.86. The topological polar surface area (TPSA) is 35.2 Å². The van der Waals surface area contributed by atoms with E-state index in [4.69, 9.17) is 10.5 Å². The predicted octanol–water partition coefficient (Wildman–Crippen LogP) is 2.77. The molecule has 0 radical (unpaired) electrons. The first-order valence-electron chi connectivity index (χ1n) is 6.86. The van der Waals surface area contributed by atoms with E-state index in [0.29, 0.717) is 11.6 Å². The molecule has 0 amide bonds. The molecule has 1 saturated carbocycles. The molecule has 0 aromatic carbocycles. The Balaban J connectivity index is 1.66. The minimum atomic E-state index is 0.295. The SMILES string of the molecule is NC1CC=C(C2CCOC3(CCC3)C2)CC1. The lowest BCUT2D eigenvalue weighted by Gasteiger charge is -2.48. The highest BCUT2D eigenvalue weighted by molar-refractivity contribution is 5.14. The first-order chi connectivity index (χ1) is 7.77.